The van der Waals surface area contributed by atoms with E-state index < -0.39 is 0 Å². The highest BCUT2D eigenvalue weighted by atomic mass is 19.1. The second-order valence-electron chi connectivity index (χ2n) is 5.81. The number of hydrogen-bond donors (Lipinski definition) is 1. The molecule has 22 heavy (non-hydrogen) atoms. The Labute approximate surface area is 129 Å². The van der Waals surface area contributed by atoms with E-state index in [1.165, 1.54) is 12.1 Å². The number of ether oxygens (including phenoxy) is 2. The van der Waals surface area contributed by atoms with Crippen LogP contribution in [0.15, 0.2) is 24.3 Å². The van der Waals surface area contributed by atoms with Crippen LogP contribution >= 0.6 is 0 Å². The van der Waals surface area contributed by atoms with Gasteiger partial charge in [0, 0.05) is 13.1 Å². The summed E-state index contributed by atoms with van der Waals surface area (Å²) in [4.78, 5) is 14.4. The predicted octanol–water partition coefficient (Wildman–Crippen LogP) is 1.10. The number of rotatable bonds is 2. The third-order valence-electron chi connectivity index (χ3n) is 4.03. The summed E-state index contributed by atoms with van der Waals surface area (Å²) < 4.78 is 24.3. The minimum absolute atomic E-state index is 0.0435. The maximum absolute atomic E-state index is 13.1. The lowest BCUT2D eigenvalue weighted by Crippen LogP contribution is -2.56. The van der Waals surface area contributed by atoms with Gasteiger partial charge < -0.3 is 19.7 Å². The molecule has 6 heteroatoms. The number of morpholine rings is 2. The zero-order valence-corrected chi connectivity index (χ0v) is 12.6. The Morgan fingerprint density at radius 2 is 2.09 bits per heavy atom. The van der Waals surface area contributed by atoms with E-state index in [2.05, 4.69) is 5.32 Å². The first-order valence-corrected chi connectivity index (χ1v) is 7.64. The van der Waals surface area contributed by atoms with Crippen molar-refractivity contribution in [3.05, 3.63) is 35.6 Å². The molecule has 0 aromatic heterocycles. The molecular weight excluding hydrogens is 287 g/mol. The molecule has 2 fully saturated rings. The zero-order chi connectivity index (χ0) is 15.5. The second-order valence-corrected chi connectivity index (χ2v) is 5.81. The molecule has 2 aliphatic heterocycles. The lowest BCUT2D eigenvalue weighted by Gasteiger charge is -2.39. The third kappa shape index (κ3) is 3.45. The molecule has 0 unspecified atom stereocenters. The van der Waals surface area contributed by atoms with Gasteiger partial charge in [-0.2, -0.15) is 0 Å². The first-order chi connectivity index (χ1) is 10.6. The molecule has 0 radical (unpaired) electrons. The number of benzene rings is 1. The summed E-state index contributed by atoms with van der Waals surface area (Å²) in [6, 6.07) is 5.97. The van der Waals surface area contributed by atoms with Crippen LogP contribution in [0, 0.1) is 5.82 Å². The summed E-state index contributed by atoms with van der Waals surface area (Å²) in [6.45, 7) is 4.73. The van der Waals surface area contributed by atoms with E-state index in [0.29, 0.717) is 32.8 Å². The summed E-state index contributed by atoms with van der Waals surface area (Å²) in [7, 11) is 0. The number of nitrogens with zero attached hydrogens (tertiary/aromatic N) is 1. The van der Waals surface area contributed by atoms with Crippen molar-refractivity contribution in [3.63, 3.8) is 0 Å². The first-order valence-electron chi connectivity index (χ1n) is 7.64. The Morgan fingerprint density at radius 1 is 1.32 bits per heavy atom. The van der Waals surface area contributed by atoms with Crippen LogP contribution in [-0.4, -0.2) is 55.8 Å². The highest BCUT2D eigenvalue weighted by Gasteiger charge is 2.33. The fourth-order valence-electron chi connectivity index (χ4n) is 2.94. The SMILES string of the molecule is C[C@@H]1CN(C(=O)[C@H]2COCCN2)C[C@@H](c2ccc(F)cc2)O1. The molecule has 120 valence electrons. The van der Waals surface area contributed by atoms with Crippen LogP contribution in [0.1, 0.15) is 18.6 Å². The minimum atomic E-state index is -0.284. The number of carbonyl (C=O) groups is 1. The molecular formula is C16H21FN2O3. The summed E-state index contributed by atoms with van der Waals surface area (Å²) in [5.41, 5.74) is 0.888. The van der Waals surface area contributed by atoms with Crippen LogP contribution in [-0.2, 0) is 14.3 Å². The number of amides is 1. The van der Waals surface area contributed by atoms with Gasteiger partial charge in [-0.25, -0.2) is 4.39 Å². The average Bonchev–Trinajstić information content (AvgIpc) is 2.55. The van der Waals surface area contributed by atoms with E-state index in [0.717, 1.165) is 5.56 Å². The molecule has 0 aliphatic carbocycles. The van der Waals surface area contributed by atoms with Crippen molar-refractivity contribution in [1.82, 2.24) is 10.2 Å². The Kier molecular flexibility index (Phi) is 4.71. The summed E-state index contributed by atoms with van der Waals surface area (Å²) >= 11 is 0. The van der Waals surface area contributed by atoms with Gasteiger partial charge in [0.15, 0.2) is 0 Å². The maximum atomic E-state index is 13.1. The Bertz CT molecular complexity index is 517. The van der Waals surface area contributed by atoms with E-state index in [1.54, 1.807) is 12.1 Å². The van der Waals surface area contributed by atoms with E-state index in [-0.39, 0.29) is 30.0 Å². The van der Waals surface area contributed by atoms with Crippen molar-refractivity contribution in [2.24, 2.45) is 0 Å². The molecule has 0 spiro atoms. The topological polar surface area (TPSA) is 50.8 Å². The zero-order valence-electron chi connectivity index (χ0n) is 12.6. The molecule has 3 atom stereocenters. The molecule has 2 heterocycles. The third-order valence-corrected chi connectivity index (χ3v) is 4.03. The van der Waals surface area contributed by atoms with Gasteiger partial charge in [0.25, 0.3) is 0 Å². The number of carbonyl (C=O) groups excluding carboxylic acids is 1. The van der Waals surface area contributed by atoms with Crippen LogP contribution in [0.2, 0.25) is 0 Å². The fourth-order valence-corrected chi connectivity index (χ4v) is 2.94. The van der Waals surface area contributed by atoms with Crippen LogP contribution < -0.4 is 5.32 Å². The smallest absolute Gasteiger partial charge is 0.242 e. The van der Waals surface area contributed by atoms with Gasteiger partial charge in [-0.05, 0) is 24.6 Å². The monoisotopic (exact) mass is 308 g/mol. The summed E-state index contributed by atoms with van der Waals surface area (Å²) in [5.74, 6) is -0.231. The van der Waals surface area contributed by atoms with E-state index in [9.17, 15) is 9.18 Å². The molecule has 1 N–H and O–H groups in total. The molecule has 3 rings (SSSR count). The van der Waals surface area contributed by atoms with Gasteiger partial charge >= 0.3 is 0 Å². The molecule has 2 saturated heterocycles. The highest BCUT2D eigenvalue weighted by molar-refractivity contribution is 5.82. The molecule has 5 nitrogen and oxygen atoms in total. The minimum Gasteiger partial charge on any atom is -0.378 e. The van der Waals surface area contributed by atoms with E-state index >= 15 is 0 Å². The highest BCUT2D eigenvalue weighted by Crippen LogP contribution is 2.26. The fraction of sp³-hybridized carbons (Fsp3) is 0.562. The van der Waals surface area contributed by atoms with Gasteiger partial charge in [-0.1, -0.05) is 12.1 Å². The lowest BCUT2D eigenvalue weighted by molar-refractivity contribution is -0.149. The number of halogens is 1. The standard InChI is InChI=1S/C16H21FN2O3/c1-11-8-19(16(20)14-10-21-7-6-18-14)9-15(22-11)12-2-4-13(17)5-3-12/h2-5,11,14-15,18H,6-10H2,1H3/t11-,14-,15+/m1/s1. The molecule has 1 aromatic carbocycles. The molecule has 0 bridgehead atoms. The van der Waals surface area contributed by atoms with Crippen molar-refractivity contribution in [1.29, 1.82) is 0 Å². The van der Waals surface area contributed by atoms with E-state index in [1.807, 2.05) is 11.8 Å². The van der Waals surface area contributed by atoms with Crippen molar-refractivity contribution in [3.8, 4) is 0 Å². The molecule has 2 aliphatic rings. The Morgan fingerprint density at radius 3 is 2.77 bits per heavy atom. The van der Waals surface area contributed by atoms with Crippen LogP contribution in [0.4, 0.5) is 4.39 Å². The number of nitrogens with one attached hydrogen (secondary N) is 1. The molecule has 1 aromatic rings. The Balaban J connectivity index is 1.70. The largest absolute Gasteiger partial charge is 0.378 e. The number of hydrogen-bond acceptors (Lipinski definition) is 4. The van der Waals surface area contributed by atoms with Crippen molar-refractivity contribution in [2.75, 3.05) is 32.8 Å². The van der Waals surface area contributed by atoms with Crippen molar-refractivity contribution >= 4 is 5.91 Å². The molecule has 0 saturated carbocycles. The predicted molar refractivity (Wildman–Crippen MR) is 78.9 cm³/mol. The summed E-state index contributed by atoms with van der Waals surface area (Å²) in [6.07, 6.45) is -0.282. The maximum Gasteiger partial charge on any atom is 0.242 e. The Hall–Kier alpha value is -1.50. The van der Waals surface area contributed by atoms with Crippen molar-refractivity contribution < 1.29 is 18.7 Å². The van der Waals surface area contributed by atoms with Crippen LogP contribution in [0.3, 0.4) is 0 Å². The average molecular weight is 308 g/mol. The normalized spacial score (nSPS) is 29.4. The van der Waals surface area contributed by atoms with Gasteiger partial charge in [-0.15, -0.1) is 0 Å². The van der Waals surface area contributed by atoms with Gasteiger partial charge in [0.2, 0.25) is 5.91 Å². The van der Waals surface area contributed by atoms with Gasteiger partial charge in [0.05, 0.1) is 25.9 Å². The van der Waals surface area contributed by atoms with Crippen molar-refractivity contribution in [2.45, 2.75) is 25.2 Å². The quantitative estimate of drug-likeness (QED) is 0.889. The second kappa shape index (κ2) is 6.73. The van der Waals surface area contributed by atoms with Crippen LogP contribution in [0.5, 0.6) is 0 Å². The lowest BCUT2D eigenvalue weighted by atomic mass is 10.1. The van der Waals surface area contributed by atoms with Gasteiger partial charge in [0.1, 0.15) is 18.0 Å². The molecule has 1 amide bonds. The first kappa shape index (κ1) is 15.4. The summed E-state index contributed by atoms with van der Waals surface area (Å²) in [5, 5.41) is 3.19. The van der Waals surface area contributed by atoms with E-state index in [4.69, 9.17) is 9.47 Å². The van der Waals surface area contributed by atoms with Crippen LogP contribution in [0.25, 0.3) is 0 Å². The van der Waals surface area contributed by atoms with Gasteiger partial charge in [-0.3, -0.25) is 4.79 Å².